The lowest BCUT2D eigenvalue weighted by molar-refractivity contribution is 0.158. The molecule has 7 heteroatoms. The highest BCUT2D eigenvalue weighted by atomic mass is 32.1. The fourth-order valence-electron chi connectivity index (χ4n) is 3.78. The van der Waals surface area contributed by atoms with Crippen LogP contribution in [0.5, 0.6) is 0 Å². The highest BCUT2D eigenvalue weighted by molar-refractivity contribution is 7.08. The number of hydrazine groups is 1. The third-order valence-electron chi connectivity index (χ3n) is 5.16. The summed E-state index contributed by atoms with van der Waals surface area (Å²) < 4.78 is 2.03. The van der Waals surface area contributed by atoms with Gasteiger partial charge in [-0.1, -0.05) is 5.21 Å². The van der Waals surface area contributed by atoms with Crippen LogP contribution in [0.1, 0.15) is 26.2 Å². The van der Waals surface area contributed by atoms with Crippen molar-refractivity contribution in [1.29, 1.82) is 0 Å². The van der Waals surface area contributed by atoms with Crippen molar-refractivity contribution in [3.8, 4) is 11.3 Å². The second-order valence-electron chi connectivity index (χ2n) is 7.20. The molecule has 4 heterocycles. The van der Waals surface area contributed by atoms with Crippen LogP contribution in [0.4, 0.5) is 0 Å². The topological polar surface area (TPSA) is 58.0 Å². The van der Waals surface area contributed by atoms with E-state index >= 15 is 0 Å². The lowest BCUT2D eigenvalue weighted by Gasteiger charge is -2.33. The van der Waals surface area contributed by atoms with Crippen LogP contribution in [-0.2, 0) is 6.54 Å². The Kier molecular flexibility index (Phi) is 4.93. The number of nitrogens with one attached hydrogen (secondary N) is 2. The first-order chi connectivity index (χ1) is 11.8. The van der Waals surface area contributed by atoms with Crippen LogP contribution in [0.25, 0.3) is 11.3 Å². The molecular weight excluding hydrogens is 320 g/mol. The molecule has 0 spiro atoms. The molecule has 2 saturated heterocycles. The van der Waals surface area contributed by atoms with Crippen molar-refractivity contribution in [2.45, 2.75) is 44.8 Å². The third kappa shape index (κ3) is 3.85. The predicted octanol–water partition coefficient (Wildman–Crippen LogP) is 1.97. The molecule has 130 valence electrons. The van der Waals surface area contributed by atoms with Gasteiger partial charge in [-0.25, -0.2) is 0 Å². The van der Waals surface area contributed by atoms with Crippen molar-refractivity contribution in [2.24, 2.45) is 5.92 Å². The zero-order valence-corrected chi connectivity index (χ0v) is 15.0. The van der Waals surface area contributed by atoms with Crippen LogP contribution in [0.3, 0.4) is 0 Å². The molecule has 2 aromatic heterocycles. The number of likely N-dealkylation sites (tertiary alicyclic amines) is 1. The van der Waals surface area contributed by atoms with Crippen molar-refractivity contribution >= 4 is 11.3 Å². The van der Waals surface area contributed by atoms with E-state index in [9.17, 15) is 0 Å². The Morgan fingerprint density at radius 1 is 1.25 bits per heavy atom. The molecule has 0 amide bonds. The Hall–Kier alpha value is -1.28. The maximum Gasteiger partial charge on any atom is 0.113 e. The zero-order valence-electron chi connectivity index (χ0n) is 14.2. The summed E-state index contributed by atoms with van der Waals surface area (Å²) in [6.07, 6.45) is 5.82. The van der Waals surface area contributed by atoms with Gasteiger partial charge in [0.1, 0.15) is 5.69 Å². The van der Waals surface area contributed by atoms with Gasteiger partial charge in [-0.05, 0) is 56.6 Å². The Balaban J connectivity index is 1.24. The number of hydrogen-bond acceptors (Lipinski definition) is 6. The third-order valence-corrected chi connectivity index (χ3v) is 5.84. The first kappa shape index (κ1) is 16.2. The van der Waals surface area contributed by atoms with Crippen LogP contribution in [0.15, 0.2) is 23.0 Å². The molecule has 0 aliphatic carbocycles. The maximum atomic E-state index is 4.32. The van der Waals surface area contributed by atoms with Crippen molar-refractivity contribution in [3.63, 3.8) is 0 Å². The van der Waals surface area contributed by atoms with E-state index in [4.69, 9.17) is 0 Å². The van der Waals surface area contributed by atoms with Gasteiger partial charge < -0.3 is 4.90 Å². The molecule has 2 unspecified atom stereocenters. The number of aromatic nitrogens is 3. The number of hydrogen-bond donors (Lipinski definition) is 2. The fraction of sp³-hybridized carbons (Fsp3) is 0.647. The summed E-state index contributed by atoms with van der Waals surface area (Å²) in [6, 6.07) is 3.29. The summed E-state index contributed by atoms with van der Waals surface area (Å²) in [6.45, 7) is 6.79. The van der Waals surface area contributed by atoms with Gasteiger partial charge >= 0.3 is 0 Å². The van der Waals surface area contributed by atoms with E-state index < -0.39 is 0 Å². The lowest BCUT2D eigenvalue weighted by Crippen LogP contribution is -2.44. The van der Waals surface area contributed by atoms with Crippen molar-refractivity contribution in [2.75, 3.05) is 19.6 Å². The van der Waals surface area contributed by atoms with E-state index in [-0.39, 0.29) is 0 Å². The smallest absolute Gasteiger partial charge is 0.113 e. The van der Waals surface area contributed by atoms with Gasteiger partial charge in [-0.2, -0.15) is 11.3 Å². The standard InChI is InChI=1S/C17H26N6S/c1-13-8-16(19-18-13)10-22-5-2-14(3-6-22)9-23-11-17(20-21-23)15-4-7-24-12-15/h4,7,11-14,16,18-19H,2-3,5-6,8-10H2,1H3. The van der Waals surface area contributed by atoms with Crippen LogP contribution in [0.2, 0.25) is 0 Å². The molecule has 0 saturated carbocycles. The van der Waals surface area contributed by atoms with Gasteiger partial charge in [0.15, 0.2) is 0 Å². The monoisotopic (exact) mass is 346 g/mol. The van der Waals surface area contributed by atoms with Gasteiger partial charge in [0.05, 0.1) is 6.20 Å². The second-order valence-corrected chi connectivity index (χ2v) is 7.98. The Morgan fingerprint density at radius 2 is 2.12 bits per heavy atom. The van der Waals surface area contributed by atoms with Gasteiger partial charge in [0, 0.05) is 36.1 Å². The molecule has 6 nitrogen and oxygen atoms in total. The first-order valence-corrected chi connectivity index (χ1v) is 9.86. The van der Waals surface area contributed by atoms with Gasteiger partial charge in [0.25, 0.3) is 0 Å². The molecule has 2 atom stereocenters. The Labute approximate surface area is 147 Å². The predicted molar refractivity (Wildman–Crippen MR) is 96.6 cm³/mol. The molecule has 24 heavy (non-hydrogen) atoms. The van der Waals surface area contributed by atoms with E-state index in [0.29, 0.717) is 18.0 Å². The minimum absolute atomic E-state index is 0.595. The molecule has 2 fully saturated rings. The first-order valence-electron chi connectivity index (χ1n) is 8.92. The van der Waals surface area contributed by atoms with Crippen molar-refractivity contribution < 1.29 is 0 Å². The molecular formula is C17H26N6S. The minimum Gasteiger partial charge on any atom is -0.302 e. The largest absolute Gasteiger partial charge is 0.302 e. The summed E-state index contributed by atoms with van der Waals surface area (Å²) in [5.41, 5.74) is 8.89. The highest BCUT2D eigenvalue weighted by Gasteiger charge is 2.25. The summed E-state index contributed by atoms with van der Waals surface area (Å²) in [7, 11) is 0. The van der Waals surface area contributed by atoms with Crippen LogP contribution in [0, 0.1) is 5.92 Å². The summed E-state index contributed by atoms with van der Waals surface area (Å²) >= 11 is 1.70. The normalized spacial score (nSPS) is 26.2. The zero-order chi connectivity index (χ0) is 16.4. The van der Waals surface area contributed by atoms with Crippen molar-refractivity contribution in [3.05, 3.63) is 23.0 Å². The average molecular weight is 347 g/mol. The maximum absolute atomic E-state index is 4.32. The molecule has 4 rings (SSSR count). The Bertz CT molecular complexity index is 631. The van der Waals surface area contributed by atoms with E-state index in [2.05, 4.69) is 56.0 Å². The second kappa shape index (κ2) is 7.31. The van der Waals surface area contributed by atoms with Crippen LogP contribution >= 0.6 is 11.3 Å². The number of nitrogens with zero attached hydrogens (tertiary/aromatic N) is 4. The average Bonchev–Trinajstić information content (AvgIpc) is 3.31. The quantitative estimate of drug-likeness (QED) is 0.867. The lowest BCUT2D eigenvalue weighted by atomic mass is 9.96. The molecule has 0 radical (unpaired) electrons. The number of thiophene rings is 1. The minimum atomic E-state index is 0.595. The van der Waals surface area contributed by atoms with Gasteiger partial charge in [-0.3, -0.25) is 15.5 Å². The molecule has 0 bridgehead atoms. The van der Waals surface area contributed by atoms with Crippen molar-refractivity contribution in [1.82, 2.24) is 30.7 Å². The molecule has 2 aliphatic heterocycles. The molecule has 2 N–H and O–H groups in total. The Morgan fingerprint density at radius 3 is 2.83 bits per heavy atom. The molecule has 0 aromatic carbocycles. The summed E-state index contributed by atoms with van der Waals surface area (Å²) in [5, 5.41) is 12.8. The molecule has 2 aromatic rings. The summed E-state index contributed by atoms with van der Waals surface area (Å²) in [5.74, 6) is 0.715. The van der Waals surface area contributed by atoms with E-state index in [1.807, 2.05) is 4.68 Å². The fourth-order valence-corrected chi connectivity index (χ4v) is 4.43. The van der Waals surface area contributed by atoms with E-state index in [1.165, 1.54) is 37.9 Å². The van der Waals surface area contributed by atoms with E-state index in [1.54, 1.807) is 11.3 Å². The van der Waals surface area contributed by atoms with Crippen LogP contribution in [-0.4, -0.2) is 51.6 Å². The summed E-state index contributed by atoms with van der Waals surface area (Å²) in [4.78, 5) is 2.60. The highest BCUT2D eigenvalue weighted by Crippen LogP contribution is 2.22. The number of piperidine rings is 1. The number of rotatable bonds is 5. The van der Waals surface area contributed by atoms with Crippen LogP contribution < -0.4 is 10.9 Å². The van der Waals surface area contributed by atoms with Gasteiger partial charge in [0.2, 0.25) is 0 Å². The van der Waals surface area contributed by atoms with E-state index in [0.717, 1.165) is 18.8 Å². The SMILES string of the molecule is CC1CC(CN2CCC(Cn3cc(-c4ccsc4)nn3)CC2)NN1. The van der Waals surface area contributed by atoms with Gasteiger partial charge in [-0.15, -0.1) is 5.10 Å². The molecule has 2 aliphatic rings.